The molecule has 1 saturated carbocycles. The van der Waals surface area contributed by atoms with Gasteiger partial charge in [0, 0.05) is 35.8 Å². The lowest BCUT2D eigenvalue weighted by Gasteiger charge is -2.30. The Hall–Kier alpha value is -2.66. The van der Waals surface area contributed by atoms with Crippen molar-refractivity contribution in [2.24, 2.45) is 10.9 Å². The van der Waals surface area contributed by atoms with Crippen LogP contribution in [0.25, 0.3) is 0 Å². The van der Waals surface area contributed by atoms with Gasteiger partial charge in [0.25, 0.3) is 5.91 Å². The molecule has 2 aromatic carbocycles. The SMILES string of the molecule is CCC(NC(=O)c1ccc2c(c1)C(c1ccc(OC3CCN(C)CC3)cc1)=N2)C1CCCCC1. The summed E-state index contributed by atoms with van der Waals surface area (Å²) in [6.07, 6.45) is 9.81. The van der Waals surface area contributed by atoms with Crippen molar-refractivity contribution in [3.05, 3.63) is 59.2 Å². The Morgan fingerprint density at radius 1 is 1.06 bits per heavy atom. The van der Waals surface area contributed by atoms with Crippen molar-refractivity contribution >= 4 is 17.3 Å². The van der Waals surface area contributed by atoms with Crippen LogP contribution in [0.3, 0.4) is 0 Å². The van der Waals surface area contributed by atoms with Gasteiger partial charge in [0.15, 0.2) is 0 Å². The van der Waals surface area contributed by atoms with Gasteiger partial charge in [-0.2, -0.15) is 0 Å². The average Bonchev–Trinajstić information content (AvgIpc) is 2.86. The van der Waals surface area contributed by atoms with Crippen LogP contribution in [0.5, 0.6) is 5.75 Å². The summed E-state index contributed by atoms with van der Waals surface area (Å²) in [5.74, 6) is 1.56. The summed E-state index contributed by atoms with van der Waals surface area (Å²) < 4.78 is 6.19. The summed E-state index contributed by atoms with van der Waals surface area (Å²) in [4.78, 5) is 20.1. The van der Waals surface area contributed by atoms with E-state index in [2.05, 4.69) is 36.3 Å². The summed E-state index contributed by atoms with van der Waals surface area (Å²) in [6.45, 7) is 4.36. The molecule has 34 heavy (non-hydrogen) atoms. The number of fused-ring (bicyclic) bond motifs is 1. The van der Waals surface area contributed by atoms with Gasteiger partial charge in [0.1, 0.15) is 11.9 Å². The van der Waals surface area contributed by atoms with Gasteiger partial charge in [-0.25, -0.2) is 4.99 Å². The van der Waals surface area contributed by atoms with Gasteiger partial charge in [-0.1, -0.05) is 26.2 Å². The number of ether oxygens (including phenoxy) is 1. The summed E-state index contributed by atoms with van der Waals surface area (Å²) >= 11 is 0. The Bertz CT molecular complexity index is 1030. The van der Waals surface area contributed by atoms with Crippen LogP contribution in [0.4, 0.5) is 5.69 Å². The third-order valence-electron chi connectivity index (χ3n) is 7.82. The Balaban J connectivity index is 1.22. The molecule has 1 saturated heterocycles. The predicted octanol–water partition coefficient (Wildman–Crippen LogP) is 5.73. The molecule has 5 nitrogen and oxygen atoms in total. The highest BCUT2D eigenvalue weighted by Gasteiger charge is 2.26. The average molecular weight is 460 g/mol. The molecular formula is C29H37N3O2. The van der Waals surface area contributed by atoms with E-state index in [0.717, 1.165) is 66.2 Å². The lowest BCUT2D eigenvalue weighted by Crippen LogP contribution is -2.40. The molecule has 2 aromatic rings. The fourth-order valence-electron chi connectivity index (χ4n) is 5.64. The Morgan fingerprint density at radius 2 is 1.79 bits per heavy atom. The first kappa shape index (κ1) is 23.1. The van der Waals surface area contributed by atoms with E-state index in [1.807, 2.05) is 30.3 Å². The van der Waals surface area contributed by atoms with Crippen molar-refractivity contribution in [3.63, 3.8) is 0 Å². The maximum atomic E-state index is 13.1. The van der Waals surface area contributed by atoms with Gasteiger partial charge < -0.3 is 15.0 Å². The third-order valence-corrected chi connectivity index (χ3v) is 7.82. The fraction of sp³-hybridized carbons (Fsp3) is 0.517. The molecule has 2 aliphatic heterocycles. The summed E-state index contributed by atoms with van der Waals surface area (Å²) in [6, 6.07) is 14.4. The molecule has 180 valence electrons. The van der Waals surface area contributed by atoms with Gasteiger partial charge in [0.2, 0.25) is 0 Å². The minimum atomic E-state index is 0.0355. The molecule has 2 heterocycles. The minimum absolute atomic E-state index is 0.0355. The number of aliphatic imine (C=N–C) groups is 1. The van der Waals surface area contributed by atoms with Gasteiger partial charge in [-0.15, -0.1) is 0 Å². The summed E-state index contributed by atoms with van der Waals surface area (Å²) in [5, 5.41) is 3.33. The van der Waals surface area contributed by atoms with Crippen molar-refractivity contribution in [1.29, 1.82) is 0 Å². The zero-order valence-electron chi connectivity index (χ0n) is 20.6. The second kappa shape index (κ2) is 10.3. The molecule has 0 aromatic heterocycles. The van der Waals surface area contributed by atoms with Crippen LogP contribution >= 0.6 is 0 Å². The highest BCUT2D eigenvalue weighted by Crippen LogP contribution is 2.34. The number of nitrogens with zero attached hydrogens (tertiary/aromatic N) is 2. The normalized spacial score (nSPS) is 20.1. The van der Waals surface area contributed by atoms with Crippen LogP contribution in [0.2, 0.25) is 0 Å². The van der Waals surface area contributed by atoms with Crippen molar-refractivity contribution in [1.82, 2.24) is 10.2 Å². The molecule has 2 fully saturated rings. The van der Waals surface area contributed by atoms with E-state index in [9.17, 15) is 4.79 Å². The first-order chi connectivity index (χ1) is 16.6. The number of amides is 1. The standard InChI is InChI=1S/C29H37N3O2/c1-3-26(20-7-5-4-6-8-20)31-29(33)22-11-14-27-25(19-22)28(30-27)21-9-12-23(13-10-21)34-24-15-17-32(2)18-16-24/h9-14,19-20,24,26H,3-8,15-18H2,1-2H3,(H,31,33). The number of likely N-dealkylation sites (tertiary alicyclic amines) is 1. The highest BCUT2D eigenvalue weighted by atomic mass is 16.5. The predicted molar refractivity (Wildman–Crippen MR) is 137 cm³/mol. The molecule has 5 rings (SSSR count). The van der Waals surface area contributed by atoms with Gasteiger partial charge in [-0.3, -0.25) is 4.79 Å². The second-order valence-electron chi connectivity index (χ2n) is 10.2. The van der Waals surface area contributed by atoms with Crippen molar-refractivity contribution < 1.29 is 9.53 Å². The number of nitrogens with one attached hydrogen (secondary N) is 1. The first-order valence-electron chi connectivity index (χ1n) is 13.1. The molecule has 1 unspecified atom stereocenters. The largest absolute Gasteiger partial charge is 0.490 e. The summed E-state index contributed by atoms with van der Waals surface area (Å²) in [7, 11) is 2.16. The zero-order chi connectivity index (χ0) is 23.5. The van der Waals surface area contributed by atoms with E-state index in [0.29, 0.717) is 12.0 Å². The molecule has 1 amide bonds. The Morgan fingerprint density at radius 3 is 2.50 bits per heavy atom. The van der Waals surface area contributed by atoms with Gasteiger partial charge in [-0.05, 0) is 87.5 Å². The van der Waals surface area contributed by atoms with Gasteiger partial charge in [0.05, 0.1) is 11.4 Å². The van der Waals surface area contributed by atoms with Crippen molar-refractivity contribution in [2.45, 2.75) is 70.4 Å². The van der Waals surface area contributed by atoms with Gasteiger partial charge >= 0.3 is 0 Å². The van der Waals surface area contributed by atoms with E-state index in [1.165, 1.54) is 32.1 Å². The van der Waals surface area contributed by atoms with Crippen LogP contribution in [-0.2, 0) is 0 Å². The maximum absolute atomic E-state index is 13.1. The monoisotopic (exact) mass is 459 g/mol. The Labute approximate surface area is 203 Å². The third kappa shape index (κ3) is 5.05. The number of hydrogen-bond acceptors (Lipinski definition) is 4. The fourth-order valence-corrected chi connectivity index (χ4v) is 5.64. The number of rotatable bonds is 7. The van der Waals surface area contributed by atoms with Crippen LogP contribution in [-0.4, -0.2) is 48.8 Å². The molecule has 3 aliphatic rings. The number of carbonyl (C=O) groups is 1. The lowest BCUT2D eigenvalue weighted by atomic mass is 9.83. The number of hydrogen-bond donors (Lipinski definition) is 1. The molecular weight excluding hydrogens is 422 g/mol. The highest BCUT2D eigenvalue weighted by molar-refractivity contribution is 6.22. The number of piperidine rings is 1. The molecule has 0 radical (unpaired) electrons. The van der Waals surface area contributed by atoms with Crippen LogP contribution < -0.4 is 10.1 Å². The van der Waals surface area contributed by atoms with E-state index in [4.69, 9.17) is 9.73 Å². The Kier molecular flexibility index (Phi) is 7.00. The summed E-state index contributed by atoms with van der Waals surface area (Å²) in [5.41, 5.74) is 4.76. The smallest absolute Gasteiger partial charge is 0.251 e. The molecule has 1 N–H and O–H groups in total. The maximum Gasteiger partial charge on any atom is 0.251 e. The van der Waals surface area contributed by atoms with E-state index >= 15 is 0 Å². The molecule has 5 heteroatoms. The topological polar surface area (TPSA) is 53.9 Å². The first-order valence-corrected chi connectivity index (χ1v) is 13.1. The number of carbonyl (C=O) groups excluding carboxylic acids is 1. The molecule has 1 atom stereocenters. The van der Waals surface area contributed by atoms with Crippen LogP contribution in [0, 0.1) is 5.92 Å². The van der Waals surface area contributed by atoms with E-state index in [1.54, 1.807) is 0 Å². The van der Waals surface area contributed by atoms with Crippen LogP contribution in [0.1, 0.15) is 79.8 Å². The second-order valence-corrected chi connectivity index (χ2v) is 10.2. The van der Waals surface area contributed by atoms with Crippen molar-refractivity contribution in [3.8, 4) is 5.75 Å². The quantitative estimate of drug-likeness (QED) is 0.491. The number of benzene rings is 2. The van der Waals surface area contributed by atoms with Crippen LogP contribution in [0.15, 0.2) is 47.5 Å². The zero-order valence-corrected chi connectivity index (χ0v) is 20.6. The van der Waals surface area contributed by atoms with E-state index < -0.39 is 0 Å². The van der Waals surface area contributed by atoms with Crippen molar-refractivity contribution in [2.75, 3.05) is 20.1 Å². The minimum Gasteiger partial charge on any atom is -0.490 e. The molecule has 1 aliphatic carbocycles. The molecule has 0 bridgehead atoms. The van der Waals surface area contributed by atoms with E-state index in [-0.39, 0.29) is 11.9 Å². The lowest BCUT2D eigenvalue weighted by molar-refractivity contribution is 0.0911. The molecule has 0 spiro atoms.